The van der Waals surface area contributed by atoms with Gasteiger partial charge in [-0.15, -0.1) is 0 Å². The second-order valence-electron chi connectivity index (χ2n) is 4.86. The molecule has 80 valence electrons. The Bertz CT molecular complexity index is 102. The molecule has 0 aromatic heterocycles. The van der Waals surface area contributed by atoms with Crippen LogP contribution in [0, 0.1) is 0 Å². The summed E-state index contributed by atoms with van der Waals surface area (Å²) < 4.78 is 0. The van der Waals surface area contributed by atoms with Gasteiger partial charge in [0.15, 0.2) is 0 Å². The van der Waals surface area contributed by atoms with E-state index in [0.29, 0.717) is 0 Å². The molecule has 0 spiro atoms. The van der Waals surface area contributed by atoms with E-state index in [2.05, 4.69) is 20.8 Å². The quantitative estimate of drug-likeness (QED) is 0.571. The van der Waals surface area contributed by atoms with Crippen LogP contribution in [0.5, 0.6) is 0 Å². The summed E-state index contributed by atoms with van der Waals surface area (Å²) in [6.45, 7) is 6.49. The van der Waals surface area contributed by atoms with Crippen LogP contribution >= 0.6 is 0 Å². The molecular weight excluding hydrogens is 158 g/mol. The zero-order valence-electron chi connectivity index (χ0n) is 9.73. The van der Waals surface area contributed by atoms with Crippen LogP contribution in [0.25, 0.3) is 0 Å². The number of nitrogens with two attached hydrogens (primary N) is 1. The third-order valence-corrected chi connectivity index (χ3v) is 2.42. The van der Waals surface area contributed by atoms with E-state index in [1.54, 1.807) is 0 Å². The van der Waals surface area contributed by atoms with Crippen molar-refractivity contribution in [2.45, 2.75) is 77.7 Å². The SMILES string of the molecule is CCCCCCCCCC(C)(C)N. The van der Waals surface area contributed by atoms with Gasteiger partial charge in [-0.05, 0) is 20.3 Å². The van der Waals surface area contributed by atoms with Crippen LogP contribution in [0.2, 0.25) is 0 Å². The second kappa shape index (κ2) is 7.37. The molecule has 0 bridgehead atoms. The zero-order chi connectivity index (χ0) is 10.2. The first-order valence-electron chi connectivity index (χ1n) is 5.85. The van der Waals surface area contributed by atoms with Gasteiger partial charge in [0.25, 0.3) is 0 Å². The van der Waals surface area contributed by atoms with Crippen LogP contribution in [0.1, 0.15) is 72.1 Å². The maximum atomic E-state index is 5.90. The van der Waals surface area contributed by atoms with Crippen LogP contribution < -0.4 is 5.73 Å². The molecule has 0 heterocycles. The van der Waals surface area contributed by atoms with Crippen molar-refractivity contribution < 1.29 is 0 Å². The summed E-state index contributed by atoms with van der Waals surface area (Å²) in [6.07, 6.45) is 10.8. The lowest BCUT2D eigenvalue weighted by Crippen LogP contribution is -2.31. The zero-order valence-corrected chi connectivity index (χ0v) is 9.73. The summed E-state index contributed by atoms with van der Waals surface area (Å²) in [7, 11) is 0. The third kappa shape index (κ3) is 12.0. The van der Waals surface area contributed by atoms with Gasteiger partial charge in [0.1, 0.15) is 0 Å². The molecule has 0 fully saturated rings. The molecule has 1 heteroatoms. The van der Waals surface area contributed by atoms with Crippen LogP contribution in [0.15, 0.2) is 0 Å². The van der Waals surface area contributed by atoms with Crippen molar-refractivity contribution in [2.75, 3.05) is 0 Å². The van der Waals surface area contributed by atoms with Gasteiger partial charge < -0.3 is 5.73 Å². The molecule has 0 saturated heterocycles. The van der Waals surface area contributed by atoms with Crippen LogP contribution in [-0.4, -0.2) is 5.54 Å². The normalized spacial score (nSPS) is 12.0. The van der Waals surface area contributed by atoms with E-state index < -0.39 is 0 Å². The summed E-state index contributed by atoms with van der Waals surface area (Å²) >= 11 is 0. The first-order valence-corrected chi connectivity index (χ1v) is 5.85. The van der Waals surface area contributed by atoms with Crippen molar-refractivity contribution >= 4 is 0 Å². The monoisotopic (exact) mass is 185 g/mol. The van der Waals surface area contributed by atoms with Crippen molar-refractivity contribution in [2.24, 2.45) is 5.73 Å². The minimum atomic E-state index is 0.0451. The number of rotatable bonds is 8. The maximum absolute atomic E-state index is 5.90. The molecule has 0 aliphatic heterocycles. The lowest BCUT2D eigenvalue weighted by atomic mass is 9.97. The molecule has 0 aliphatic rings. The van der Waals surface area contributed by atoms with Crippen molar-refractivity contribution in [3.8, 4) is 0 Å². The standard InChI is InChI=1S/C12H27N/c1-4-5-6-7-8-9-10-11-12(2,3)13/h4-11,13H2,1-3H3. The predicted octanol–water partition coefficient (Wildman–Crippen LogP) is 3.86. The van der Waals surface area contributed by atoms with Crippen LogP contribution in [0.4, 0.5) is 0 Å². The highest BCUT2D eigenvalue weighted by molar-refractivity contribution is 4.70. The lowest BCUT2D eigenvalue weighted by molar-refractivity contribution is 0.441. The second-order valence-corrected chi connectivity index (χ2v) is 4.86. The highest BCUT2D eigenvalue weighted by Crippen LogP contribution is 2.13. The summed E-state index contributed by atoms with van der Waals surface area (Å²) in [5.74, 6) is 0. The van der Waals surface area contributed by atoms with Gasteiger partial charge in [-0.3, -0.25) is 0 Å². The van der Waals surface area contributed by atoms with E-state index >= 15 is 0 Å². The van der Waals surface area contributed by atoms with Crippen molar-refractivity contribution in [1.29, 1.82) is 0 Å². The van der Waals surface area contributed by atoms with E-state index in [0.717, 1.165) is 0 Å². The Morgan fingerprint density at radius 2 is 1.31 bits per heavy atom. The Kier molecular flexibility index (Phi) is 7.35. The van der Waals surface area contributed by atoms with Gasteiger partial charge >= 0.3 is 0 Å². The summed E-state index contributed by atoms with van der Waals surface area (Å²) in [5, 5.41) is 0. The Balaban J connectivity index is 3.00. The number of hydrogen-bond donors (Lipinski definition) is 1. The van der Waals surface area contributed by atoms with Crippen LogP contribution in [0.3, 0.4) is 0 Å². The molecule has 0 aliphatic carbocycles. The van der Waals surface area contributed by atoms with Gasteiger partial charge in [-0.25, -0.2) is 0 Å². The topological polar surface area (TPSA) is 26.0 Å². The molecule has 13 heavy (non-hydrogen) atoms. The third-order valence-electron chi connectivity index (χ3n) is 2.42. The number of unbranched alkanes of at least 4 members (excludes halogenated alkanes) is 6. The van der Waals surface area contributed by atoms with E-state index in [1.807, 2.05) is 0 Å². The van der Waals surface area contributed by atoms with Crippen molar-refractivity contribution in [1.82, 2.24) is 0 Å². The van der Waals surface area contributed by atoms with E-state index in [4.69, 9.17) is 5.73 Å². The molecule has 2 N–H and O–H groups in total. The molecule has 0 saturated carbocycles. The van der Waals surface area contributed by atoms with Gasteiger partial charge in [0, 0.05) is 5.54 Å². The average Bonchev–Trinajstić information content (AvgIpc) is 2.01. The number of hydrogen-bond acceptors (Lipinski definition) is 1. The van der Waals surface area contributed by atoms with Gasteiger partial charge in [-0.2, -0.15) is 0 Å². The largest absolute Gasteiger partial charge is 0.326 e. The fourth-order valence-electron chi connectivity index (χ4n) is 1.54. The first-order chi connectivity index (χ1) is 6.06. The Labute approximate surface area is 84.1 Å². The Morgan fingerprint density at radius 1 is 0.846 bits per heavy atom. The Morgan fingerprint density at radius 3 is 1.77 bits per heavy atom. The summed E-state index contributed by atoms with van der Waals surface area (Å²) in [6, 6.07) is 0. The van der Waals surface area contributed by atoms with Crippen molar-refractivity contribution in [3.05, 3.63) is 0 Å². The molecule has 0 radical (unpaired) electrons. The molecule has 0 atom stereocenters. The molecule has 0 rings (SSSR count). The average molecular weight is 185 g/mol. The highest BCUT2D eigenvalue weighted by atomic mass is 14.7. The molecule has 1 nitrogen and oxygen atoms in total. The fraction of sp³-hybridized carbons (Fsp3) is 1.00. The maximum Gasteiger partial charge on any atom is 0.00970 e. The van der Waals surface area contributed by atoms with Crippen molar-refractivity contribution in [3.63, 3.8) is 0 Å². The molecular formula is C12H27N. The Hall–Kier alpha value is -0.0400. The molecule has 0 amide bonds. The lowest BCUT2D eigenvalue weighted by Gasteiger charge is -2.17. The fourth-order valence-corrected chi connectivity index (χ4v) is 1.54. The highest BCUT2D eigenvalue weighted by Gasteiger charge is 2.08. The van der Waals surface area contributed by atoms with E-state index in [9.17, 15) is 0 Å². The molecule has 0 aromatic rings. The van der Waals surface area contributed by atoms with Crippen LogP contribution in [-0.2, 0) is 0 Å². The molecule has 0 aromatic carbocycles. The predicted molar refractivity (Wildman–Crippen MR) is 60.9 cm³/mol. The smallest absolute Gasteiger partial charge is 0.00970 e. The van der Waals surface area contributed by atoms with Gasteiger partial charge in [-0.1, -0.05) is 51.9 Å². The summed E-state index contributed by atoms with van der Waals surface area (Å²) in [4.78, 5) is 0. The minimum absolute atomic E-state index is 0.0451. The minimum Gasteiger partial charge on any atom is -0.326 e. The van der Waals surface area contributed by atoms with E-state index in [1.165, 1.54) is 51.4 Å². The van der Waals surface area contributed by atoms with Gasteiger partial charge in [0.2, 0.25) is 0 Å². The molecule has 0 unspecified atom stereocenters. The van der Waals surface area contributed by atoms with Gasteiger partial charge in [0.05, 0.1) is 0 Å². The van der Waals surface area contributed by atoms with E-state index in [-0.39, 0.29) is 5.54 Å². The summed E-state index contributed by atoms with van der Waals surface area (Å²) in [5.41, 5.74) is 5.94. The first kappa shape index (κ1) is 13.0.